The maximum absolute atomic E-state index is 12.5. The molecule has 1 aliphatic heterocycles. The number of hydrogen-bond donors (Lipinski definition) is 2. The van der Waals surface area contributed by atoms with Gasteiger partial charge in [-0.05, 0) is 26.0 Å². The van der Waals surface area contributed by atoms with E-state index in [0.29, 0.717) is 32.7 Å². The number of piperazine rings is 1. The quantitative estimate of drug-likeness (QED) is 0.794. The zero-order valence-corrected chi connectivity index (χ0v) is 13.2. The molecule has 0 unspecified atom stereocenters. The third kappa shape index (κ3) is 3.91. The van der Waals surface area contributed by atoms with Crippen molar-refractivity contribution in [1.29, 1.82) is 0 Å². The molecular weight excluding hydrogens is 292 g/mol. The van der Waals surface area contributed by atoms with Gasteiger partial charge in [-0.1, -0.05) is 0 Å². The summed E-state index contributed by atoms with van der Waals surface area (Å²) in [5.74, 6) is 0. The first-order valence-electron chi connectivity index (χ1n) is 6.85. The van der Waals surface area contributed by atoms with Crippen LogP contribution in [0.15, 0.2) is 23.4 Å². The number of hydrogen-bond acceptors (Lipinski definition) is 6. The van der Waals surface area contributed by atoms with Gasteiger partial charge in [-0.25, -0.2) is 13.4 Å². The second-order valence-corrected chi connectivity index (χ2v) is 7.74. The number of rotatable bonds is 4. The van der Waals surface area contributed by atoms with E-state index in [9.17, 15) is 13.5 Å². The van der Waals surface area contributed by atoms with Crippen molar-refractivity contribution >= 4 is 15.7 Å². The number of aromatic nitrogens is 1. The predicted octanol–water partition coefficient (Wildman–Crippen LogP) is -0.259. The van der Waals surface area contributed by atoms with Crippen molar-refractivity contribution in [3.63, 3.8) is 0 Å². The van der Waals surface area contributed by atoms with E-state index in [2.05, 4.69) is 4.98 Å². The third-order valence-corrected chi connectivity index (χ3v) is 5.20. The smallest absolute Gasteiger partial charge is 0.262 e. The number of nitrogen functional groups attached to an aromatic ring is 1. The third-order valence-electron chi connectivity index (χ3n) is 3.33. The Balaban J connectivity index is 2.07. The van der Waals surface area contributed by atoms with Gasteiger partial charge in [0.2, 0.25) is 0 Å². The van der Waals surface area contributed by atoms with Gasteiger partial charge in [0.25, 0.3) is 10.0 Å². The number of sulfonamides is 1. The van der Waals surface area contributed by atoms with Gasteiger partial charge < -0.3 is 10.8 Å². The molecule has 0 bridgehead atoms. The van der Waals surface area contributed by atoms with Crippen molar-refractivity contribution in [2.75, 3.05) is 38.5 Å². The first-order chi connectivity index (χ1) is 9.70. The summed E-state index contributed by atoms with van der Waals surface area (Å²) in [6.07, 6.45) is 1.42. The SMILES string of the molecule is CC(C)(O)CN1CCN(S(=O)(=O)c2ncccc2N)CC1. The minimum atomic E-state index is -3.65. The molecule has 118 valence electrons. The van der Waals surface area contributed by atoms with Gasteiger partial charge >= 0.3 is 0 Å². The minimum absolute atomic E-state index is 0.0825. The number of aliphatic hydroxyl groups is 1. The first kappa shape index (κ1) is 16.2. The maximum Gasteiger partial charge on any atom is 0.262 e. The van der Waals surface area contributed by atoms with Crippen LogP contribution < -0.4 is 5.73 Å². The monoisotopic (exact) mass is 314 g/mol. The molecule has 0 spiro atoms. The van der Waals surface area contributed by atoms with Gasteiger partial charge in [0.1, 0.15) is 0 Å². The van der Waals surface area contributed by atoms with Crippen molar-refractivity contribution in [2.24, 2.45) is 0 Å². The van der Waals surface area contributed by atoms with E-state index in [-0.39, 0.29) is 10.7 Å². The Morgan fingerprint density at radius 2 is 1.95 bits per heavy atom. The lowest BCUT2D eigenvalue weighted by Gasteiger charge is -2.36. The molecule has 0 radical (unpaired) electrons. The Hall–Kier alpha value is -1.22. The van der Waals surface area contributed by atoms with Crippen LogP contribution in [-0.4, -0.2) is 66.0 Å². The van der Waals surface area contributed by atoms with Crippen LogP contribution in [0.5, 0.6) is 0 Å². The molecule has 0 atom stereocenters. The van der Waals surface area contributed by atoms with E-state index in [1.54, 1.807) is 19.9 Å². The fourth-order valence-electron chi connectivity index (χ4n) is 2.42. The van der Waals surface area contributed by atoms with E-state index in [1.165, 1.54) is 16.6 Å². The van der Waals surface area contributed by atoms with Crippen molar-refractivity contribution in [2.45, 2.75) is 24.5 Å². The summed E-state index contributed by atoms with van der Waals surface area (Å²) in [7, 11) is -3.65. The molecule has 2 heterocycles. The number of β-amino-alcohol motifs (C(OH)–C–C–N with tert-alkyl or cyclic N) is 1. The Kier molecular flexibility index (Phi) is 4.52. The highest BCUT2D eigenvalue weighted by Crippen LogP contribution is 2.21. The average Bonchev–Trinajstić information content (AvgIpc) is 2.37. The van der Waals surface area contributed by atoms with Crippen LogP contribution in [0.25, 0.3) is 0 Å². The normalized spacial score (nSPS) is 18.8. The van der Waals surface area contributed by atoms with Gasteiger partial charge in [-0.3, -0.25) is 4.90 Å². The topological polar surface area (TPSA) is 99.8 Å². The van der Waals surface area contributed by atoms with E-state index < -0.39 is 15.6 Å². The summed E-state index contributed by atoms with van der Waals surface area (Å²) in [4.78, 5) is 5.94. The Morgan fingerprint density at radius 1 is 1.33 bits per heavy atom. The zero-order valence-electron chi connectivity index (χ0n) is 12.4. The average molecular weight is 314 g/mol. The molecule has 1 aromatic heterocycles. The number of nitrogens with two attached hydrogens (primary N) is 1. The summed E-state index contributed by atoms with van der Waals surface area (Å²) in [6.45, 7) is 5.90. The predicted molar refractivity (Wildman–Crippen MR) is 80.1 cm³/mol. The van der Waals surface area contributed by atoms with Crippen LogP contribution in [0.1, 0.15) is 13.8 Å². The highest BCUT2D eigenvalue weighted by molar-refractivity contribution is 7.89. The van der Waals surface area contributed by atoms with Crippen molar-refractivity contribution in [3.8, 4) is 0 Å². The van der Waals surface area contributed by atoms with E-state index >= 15 is 0 Å². The molecule has 1 fully saturated rings. The summed E-state index contributed by atoms with van der Waals surface area (Å²) in [5.41, 5.74) is 5.09. The van der Waals surface area contributed by atoms with Gasteiger partial charge in [-0.2, -0.15) is 4.31 Å². The van der Waals surface area contributed by atoms with Crippen LogP contribution in [0.2, 0.25) is 0 Å². The number of anilines is 1. The van der Waals surface area contributed by atoms with Gasteiger partial charge in [-0.15, -0.1) is 0 Å². The standard InChI is InChI=1S/C13H22N4O3S/c1-13(2,18)10-16-6-8-17(9-7-16)21(19,20)12-11(14)4-3-5-15-12/h3-5,18H,6-10,14H2,1-2H3. The summed E-state index contributed by atoms with van der Waals surface area (Å²) < 4.78 is 26.4. The molecule has 0 saturated carbocycles. The van der Waals surface area contributed by atoms with E-state index in [0.717, 1.165) is 0 Å². The van der Waals surface area contributed by atoms with Crippen LogP contribution in [0.4, 0.5) is 5.69 Å². The second-order valence-electron chi connectivity index (χ2n) is 5.89. The van der Waals surface area contributed by atoms with Crippen molar-refractivity contribution in [1.82, 2.24) is 14.2 Å². The van der Waals surface area contributed by atoms with E-state index in [4.69, 9.17) is 5.73 Å². The van der Waals surface area contributed by atoms with Crippen molar-refractivity contribution < 1.29 is 13.5 Å². The fourth-order valence-corrected chi connectivity index (χ4v) is 3.86. The molecule has 0 aromatic carbocycles. The minimum Gasteiger partial charge on any atom is -0.396 e. The summed E-state index contributed by atoms with van der Waals surface area (Å²) in [5, 5.41) is 9.73. The van der Waals surface area contributed by atoms with Crippen LogP contribution in [0, 0.1) is 0 Å². The maximum atomic E-state index is 12.5. The van der Waals surface area contributed by atoms with Crippen molar-refractivity contribution in [3.05, 3.63) is 18.3 Å². The molecule has 0 aliphatic carbocycles. The Bertz CT molecular complexity index is 590. The van der Waals surface area contributed by atoms with Crippen LogP contribution in [0.3, 0.4) is 0 Å². The lowest BCUT2D eigenvalue weighted by molar-refractivity contribution is 0.0263. The van der Waals surface area contributed by atoms with Crippen LogP contribution >= 0.6 is 0 Å². The molecule has 7 nitrogen and oxygen atoms in total. The lowest BCUT2D eigenvalue weighted by atomic mass is 10.1. The van der Waals surface area contributed by atoms with Crippen LogP contribution in [-0.2, 0) is 10.0 Å². The summed E-state index contributed by atoms with van der Waals surface area (Å²) >= 11 is 0. The molecule has 1 aliphatic rings. The van der Waals surface area contributed by atoms with Gasteiger partial charge in [0.15, 0.2) is 5.03 Å². The zero-order chi connectivity index (χ0) is 15.7. The molecule has 3 N–H and O–H groups in total. The number of nitrogens with zero attached hydrogens (tertiary/aromatic N) is 3. The first-order valence-corrected chi connectivity index (χ1v) is 8.29. The van der Waals surface area contributed by atoms with Gasteiger partial charge in [0.05, 0.1) is 11.3 Å². The Morgan fingerprint density at radius 3 is 2.48 bits per heavy atom. The molecule has 0 amide bonds. The lowest BCUT2D eigenvalue weighted by Crippen LogP contribution is -2.52. The largest absolute Gasteiger partial charge is 0.396 e. The molecule has 8 heteroatoms. The molecular formula is C13H22N4O3S. The molecule has 1 aromatic rings. The van der Waals surface area contributed by atoms with Gasteiger partial charge in [0, 0.05) is 38.9 Å². The van der Waals surface area contributed by atoms with E-state index in [1.807, 2.05) is 4.90 Å². The summed E-state index contributed by atoms with van der Waals surface area (Å²) in [6, 6.07) is 3.14. The molecule has 21 heavy (non-hydrogen) atoms. The molecule has 2 rings (SSSR count). The second kappa shape index (κ2) is 5.88. The molecule has 1 saturated heterocycles. The highest BCUT2D eigenvalue weighted by Gasteiger charge is 2.32. The fraction of sp³-hybridized carbons (Fsp3) is 0.615. The number of pyridine rings is 1. The highest BCUT2D eigenvalue weighted by atomic mass is 32.2. The Labute approximate surface area is 125 Å².